The van der Waals surface area contributed by atoms with Crippen molar-refractivity contribution in [3.8, 4) is 0 Å². The Morgan fingerprint density at radius 1 is 1.37 bits per heavy atom. The van der Waals surface area contributed by atoms with Gasteiger partial charge >= 0.3 is 0 Å². The van der Waals surface area contributed by atoms with Crippen LogP contribution in [0, 0.1) is 0 Å². The van der Waals surface area contributed by atoms with Crippen LogP contribution in [0.2, 0.25) is 0 Å². The Hall–Kier alpha value is -2.17. The van der Waals surface area contributed by atoms with Gasteiger partial charge in [-0.15, -0.1) is 0 Å². The van der Waals surface area contributed by atoms with E-state index in [1.54, 1.807) is 29.2 Å². The molecule has 1 aliphatic heterocycles. The first-order valence-corrected chi connectivity index (χ1v) is 6.25. The number of hydrogen-bond acceptors (Lipinski definition) is 4. The van der Waals surface area contributed by atoms with Gasteiger partial charge in [-0.25, -0.2) is 0 Å². The molecule has 5 heteroatoms. The highest BCUT2D eigenvalue weighted by Gasteiger charge is 2.33. The minimum absolute atomic E-state index is 0.0797. The summed E-state index contributed by atoms with van der Waals surface area (Å²) >= 11 is 0. The molecule has 0 radical (unpaired) electrons. The maximum Gasteiger partial charge on any atom is 0.249 e. The molecule has 0 aromatic heterocycles. The summed E-state index contributed by atoms with van der Waals surface area (Å²) in [6.07, 6.45) is 0.575. The van der Waals surface area contributed by atoms with Gasteiger partial charge in [0, 0.05) is 11.3 Å². The Morgan fingerprint density at radius 2 is 2.05 bits per heavy atom. The SMILES string of the molecule is CCC1C(=O)NC(=O)CN1c1ccccc1C(C)=O. The number of carbonyl (C=O) groups excluding carboxylic acids is 3. The van der Waals surface area contributed by atoms with Crippen molar-refractivity contribution >= 4 is 23.3 Å². The molecule has 0 bridgehead atoms. The molecule has 0 spiro atoms. The van der Waals surface area contributed by atoms with E-state index in [0.717, 1.165) is 0 Å². The number of hydrogen-bond donors (Lipinski definition) is 1. The molecule has 2 amide bonds. The summed E-state index contributed by atoms with van der Waals surface area (Å²) in [5, 5.41) is 2.32. The largest absolute Gasteiger partial charge is 0.350 e. The van der Waals surface area contributed by atoms with Gasteiger partial charge in [0.1, 0.15) is 6.04 Å². The van der Waals surface area contributed by atoms with Crippen molar-refractivity contribution in [1.82, 2.24) is 5.32 Å². The highest BCUT2D eigenvalue weighted by molar-refractivity contribution is 6.07. The first-order valence-electron chi connectivity index (χ1n) is 6.25. The number of nitrogens with one attached hydrogen (secondary N) is 1. The first kappa shape index (κ1) is 13.3. The fraction of sp³-hybridized carbons (Fsp3) is 0.357. The van der Waals surface area contributed by atoms with Gasteiger partial charge < -0.3 is 4.90 Å². The van der Waals surface area contributed by atoms with Crippen LogP contribution >= 0.6 is 0 Å². The van der Waals surface area contributed by atoms with Crippen LogP contribution in [0.1, 0.15) is 30.6 Å². The molecule has 1 unspecified atom stereocenters. The van der Waals surface area contributed by atoms with E-state index in [2.05, 4.69) is 5.32 Å². The summed E-state index contributed by atoms with van der Waals surface area (Å²) in [6.45, 7) is 3.45. The molecule has 100 valence electrons. The molecule has 1 fully saturated rings. The third kappa shape index (κ3) is 2.50. The van der Waals surface area contributed by atoms with E-state index in [1.165, 1.54) is 6.92 Å². The van der Waals surface area contributed by atoms with Crippen LogP contribution in [0.15, 0.2) is 24.3 Å². The van der Waals surface area contributed by atoms with Crippen molar-refractivity contribution in [3.63, 3.8) is 0 Å². The smallest absolute Gasteiger partial charge is 0.249 e. The van der Waals surface area contributed by atoms with Crippen LogP contribution in [-0.4, -0.2) is 30.2 Å². The fourth-order valence-corrected chi connectivity index (χ4v) is 2.35. The molecule has 5 nitrogen and oxygen atoms in total. The van der Waals surface area contributed by atoms with E-state index < -0.39 is 6.04 Å². The Labute approximate surface area is 111 Å². The summed E-state index contributed by atoms with van der Waals surface area (Å²) in [5.74, 6) is -0.728. The predicted molar refractivity (Wildman–Crippen MR) is 71.0 cm³/mol. The number of imide groups is 1. The van der Waals surface area contributed by atoms with Crippen LogP contribution in [0.4, 0.5) is 5.69 Å². The Morgan fingerprint density at radius 3 is 2.68 bits per heavy atom. The number of piperazine rings is 1. The zero-order chi connectivity index (χ0) is 14.0. The number of Topliss-reactive ketones (excluding diaryl/α,β-unsaturated/α-hetero) is 1. The number of nitrogens with zero attached hydrogens (tertiary/aromatic N) is 1. The van der Waals surface area contributed by atoms with E-state index in [9.17, 15) is 14.4 Å². The second-order valence-electron chi connectivity index (χ2n) is 4.54. The van der Waals surface area contributed by atoms with E-state index >= 15 is 0 Å². The summed E-state index contributed by atoms with van der Waals surface area (Å²) < 4.78 is 0. The number of benzene rings is 1. The van der Waals surface area contributed by atoms with Gasteiger partial charge in [0.2, 0.25) is 11.8 Å². The zero-order valence-corrected chi connectivity index (χ0v) is 11.0. The lowest BCUT2D eigenvalue weighted by molar-refractivity contribution is -0.132. The number of amides is 2. The van der Waals surface area contributed by atoms with Crippen LogP contribution < -0.4 is 10.2 Å². The Bertz CT molecular complexity index is 539. The van der Waals surface area contributed by atoms with Crippen molar-refractivity contribution in [2.24, 2.45) is 0 Å². The summed E-state index contributed by atoms with van der Waals surface area (Å²) in [7, 11) is 0. The van der Waals surface area contributed by atoms with Crippen molar-refractivity contribution in [2.45, 2.75) is 26.3 Å². The Kier molecular flexibility index (Phi) is 3.64. The summed E-state index contributed by atoms with van der Waals surface area (Å²) in [6, 6.07) is 6.63. The number of rotatable bonds is 3. The van der Waals surface area contributed by atoms with Gasteiger partial charge in [-0.1, -0.05) is 19.1 Å². The highest BCUT2D eigenvalue weighted by Crippen LogP contribution is 2.25. The van der Waals surface area contributed by atoms with E-state index in [0.29, 0.717) is 17.7 Å². The molecule has 1 aromatic carbocycles. The summed E-state index contributed by atoms with van der Waals surface area (Å²) in [5.41, 5.74) is 1.17. The van der Waals surface area contributed by atoms with E-state index in [-0.39, 0.29) is 24.1 Å². The molecule has 1 atom stereocenters. The molecule has 1 heterocycles. The Balaban J connectivity index is 2.46. The monoisotopic (exact) mass is 260 g/mol. The molecule has 2 rings (SSSR count). The molecule has 1 N–H and O–H groups in total. The molecule has 1 saturated heterocycles. The molecule has 0 aliphatic carbocycles. The predicted octanol–water partition coefficient (Wildman–Crippen LogP) is 1.13. The average Bonchev–Trinajstić information content (AvgIpc) is 2.37. The third-order valence-corrected chi connectivity index (χ3v) is 3.23. The summed E-state index contributed by atoms with van der Waals surface area (Å²) in [4.78, 5) is 36.7. The van der Waals surface area contributed by atoms with Crippen molar-refractivity contribution in [3.05, 3.63) is 29.8 Å². The van der Waals surface area contributed by atoms with Crippen LogP contribution in [0.5, 0.6) is 0 Å². The van der Waals surface area contributed by atoms with Crippen molar-refractivity contribution < 1.29 is 14.4 Å². The van der Waals surface area contributed by atoms with Crippen molar-refractivity contribution in [1.29, 1.82) is 0 Å². The highest BCUT2D eigenvalue weighted by atomic mass is 16.2. The molecule has 1 aromatic rings. The van der Waals surface area contributed by atoms with Gasteiger partial charge in [0.05, 0.1) is 6.54 Å². The topological polar surface area (TPSA) is 66.5 Å². The molecule has 19 heavy (non-hydrogen) atoms. The number of ketones is 1. The minimum Gasteiger partial charge on any atom is -0.350 e. The average molecular weight is 260 g/mol. The fourth-order valence-electron chi connectivity index (χ4n) is 2.35. The first-order chi connectivity index (χ1) is 9.04. The van der Waals surface area contributed by atoms with Gasteiger partial charge in [0.15, 0.2) is 5.78 Å². The zero-order valence-electron chi connectivity index (χ0n) is 11.0. The standard InChI is InChI=1S/C14H16N2O3/c1-3-11-14(19)15-13(18)8-16(11)12-7-5-4-6-10(12)9(2)17/h4-7,11H,3,8H2,1-2H3,(H,15,18,19). The van der Waals surface area contributed by atoms with Gasteiger partial charge in [-0.2, -0.15) is 0 Å². The van der Waals surface area contributed by atoms with Gasteiger partial charge in [0.25, 0.3) is 0 Å². The lowest BCUT2D eigenvalue weighted by Gasteiger charge is -2.36. The maximum atomic E-state index is 11.8. The lowest BCUT2D eigenvalue weighted by atomic mass is 10.0. The lowest BCUT2D eigenvalue weighted by Crippen LogP contribution is -2.58. The van der Waals surface area contributed by atoms with Crippen LogP contribution in [-0.2, 0) is 9.59 Å². The molecule has 0 saturated carbocycles. The quantitative estimate of drug-likeness (QED) is 0.653. The minimum atomic E-state index is -0.418. The molecular weight excluding hydrogens is 244 g/mol. The van der Waals surface area contributed by atoms with Gasteiger partial charge in [-0.05, 0) is 25.5 Å². The van der Waals surface area contributed by atoms with Crippen molar-refractivity contribution in [2.75, 3.05) is 11.4 Å². The maximum absolute atomic E-state index is 11.8. The number of anilines is 1. The second kappa shape index (κ2) is 5.22. The van der Waals surface area contributed by atoms with Crippen LogP contribution in [0.25, 0.3) is 0 Å². The van der Waals surface area contributed by atoms with Crippen LogP contribution in [0.3, 0.4) is 0 Å². The normalized spacial score (nSPS) is 19.3. The number of carbonyl (C=O) groups is 3. The van der Waals surface area contributed by atoms with Gasteiger partial charge in [-0.3, -0.25) is 19.7 Å². The second-order valence-corrected chi connectivity index (χ2v) is 4.54. The van der Waals surface area contributed by atoms with E-state index in [4.69, 9.17) is 0 Å². The molecular formula is C14H16N2O3. The number of para-hydroxylation sites is 1. The third-order valence-electron chi connectivity index (χ3n) is 3.23. The molecule has 1 aliphatic rings. The van der Waals surface area contributed by atoms with E-state index in [1.807, 2.05) is 6.92 Å².